The van der Waals surface area contributed by atoms with Crippen LogP contribution in [0, 0.1) is 0 Å². The zero-order valence-corrected chi connectivity index (χ0v) is 17.1. The average molecular weight is 392 g/mol. The minimum Gasteiger partial charge on any atom is -0.492 e. The number of nitrogens with one attached hydrogen (secondary N) is 1. The first-order chi connectivity index (χ1) is 12.3. The second-order valence-corrected chi connectivity index (χ2v) is 8.63. The maximum absolute atomic E-state index is 11.9. The first-order valence-electron chi connectivity index (χ1n) is 8.73. The van der Waals surface area contributed by atoms with E-state index in [-0.39, 0.29) is 11.3 Å². The molecule has 5 heteroatoms. The molecule has 0 atom stereocenters. The molecular formula is C21H26ClNO2S. The Hall–Kier alpha value is -1.65. The molecule has 0 aliphatic carbocycles. The number of hydrogen-bond donors (Lipinski definition) is 1. The number of carbonyl (C=O) groups is 1. The summed E-state index contributed by atoms with van der Waals surface area (Å²) in [5, 5.41) is 3.61. The third-order valence-corrected chi connectivity index (χ3v) is 5.09. The summed E-state index contributed by atoms with van der Waals surface area (Å²) in [6.07, 6.45) is 0.480. The average Bonchev–Trinajstić information content (AvgIpc) is 2.60. The smallest absolute Gasteiger partial charge is 0.220 e. The van der Waals surface area contributed by atoms with Crippen LogP contribution in [0.25, 0.3) is 0 Å². The minimum atomic E-state index is 0.0399. The molecule has 1 N–H and O–H groups in total. The normalized spacial score (nSPS) is 11.2. The molecule has 2 aromatic rings. The van der Waals surface area contributed by atoms with Crippen molar-refractivity contribution in [3.63, 3.8) is 0 Å². The van der Waals surface area contributed by atoms with E-state index in [9.17, 15) is 4.79 Å². The molecule has 0 aliphatic heterocycles. The van der Waals surface area contributed by atoms with Crippen LogP contribution in [0.1, 0.15) is 32.8 Å². The van der Waals surface area contributed by atoms with E-state index in [1.807, 2.05) is 36.4 Å². The number of benzene rings is 2. The van der Waals surface area contributed by atoms with Crippen molar-refractivity contribution >= 4 is 29.3 Å². The van der Waals surface area contributed by atoms with Gasteiger partial charge < -0.3 is 10.1 Å². The van der Waals surface area contributed by atoms with Crippen LogP contribution in [0.3, 0.4) is 0 Å². The summed E-state index contributed by atoms with van der Waals surface area (Å²) in [6, 6.07) is 15.8. The maximum Gasteiger partial charge on any atom is 0.220 e. The minimum absolute atomic E-state index is 0.0399. The lowest BCUT2D eigenvalue weighted by atomic mass is 9.87. The highest BCUT2D eigenvalue weighted by Crippen LogP contribution is 2.24. The second-order valence-electron chi connectivity index (χ2n) is 7.03. The lowest BCUT2D eigenvalue weighted by Crippen LogP contribution is -2.28. The summed E-state index contributed by atoms with van der Waals surface area (Å²) < 4.78 is 5.68. The molecule has 0 heterocycles. The van der Waals surface area contributed by atoms with E-state index in [0.717, 1.165) is 21.4 Å². The fourth-order valence-electron chi connectivity index (χ4n) is 2.29. The number of ether oxygens (including phenoxy) is 1. The van der Waals surface area contributed by atoms with Gasteiger partial charge in [0.1, 0.15) is 12.4 Å². The zero-order valence-electron chi connectivity index (χ0n) is 15.5. The van der Waals surface area contributed by atoms with Gasteiger partial charge in [0.25, 0.3) is 0 Å². The number of carbonyl (C=O) groups excluding carboxylic acids is 1. The predicted octanol–water partition coefficient (Wildman–Crippen LogP) is 5.31. The van der Waals surface area contributed by atoms with Gasteiger partial charge in [0.15, 0.2) is 0 Å². The SMILES string of the molecule is CC(C)(C)c1ccc(OCCNC(=O)CCSc2ccc(Cl)cc2)cc1. The van der Waals surface area contributed by atoms with Gasteiger partial charge in [-0.2, -0.15) is 0 Å². The lowest BCUT2D eigenvalue weighted by Gasteiger charge is -2.19. The van der Waals surface area contributed by atoms with Crippen LogP contribution in [0.2, 0.25) is 5.02 Å². The van der Waals surface area contributed by atoms with E-state index < -0.39 is 0 Å². The number of halogens is 1. The fraction of sp³-hybridized carbons (Fsp3) is 0.381. The molecule has 0 fully saturated rings. The third kappa shape index (κ3) is 7.30. The van der Waals surface area contributed by atoms with Crippen molar-refractivity contribution in [1.29, 1.82) is 0 Å². The van der Waals surface area contributed by atoms with Crippen molar-refractivity contribution in [1.82, 2.24) is 5.32 Å². The second kappa shape index (κ2) is 9.89. The Balaban J connectivity index is 1.60. The van der Waals surface area contributed by atoms with Gasteiger partial charge in [-0.3, -0.25) is 4.79 Å². The number of hydrogen-bond acceptors (Lipinski definition) is 3. The standard InChI is InChI=1S/C21H26ClNO2S/c1-21(2,3)16-4-8-18(9-5-16)25-14-13-23-20(24)12-15-26-19-10-6-17(22)7-11-19/h4-11H,12-15H2,1-3H3,(H,23,24). The Kier molecular flexibility index (Phi) is 7.85. The van der Waals surface area contributed by atoms with Crippen molar-refractivity contribution in [2.45, 2.75) is 37.5 Å². The first-order valence-corrected chi connectivity index (χ1v) is 10.1. The third-order valence-electron chi connectivity index (χ3n) is 3.82. The monoisotopic (exact) mass is 391 g/mol. The van der Waals surface area contributed by atoms with Crippen LogP contribution < -0.4 is 10.1 Å². The molecule has 0 aromatic heterocycles. The van der Waals surface area contributed by atoms with Gasteiger partial charge in [-0.15, -0.1) is 11.8 Å². The van der Waals surface area contributed by atoms with E-state index in [0.29, 0.717) is 19.6 Å². The van der Waals surface area contributed by atoms with Gasteiger partial charge in [-0.1, -0.05) is 44.5 Å². The first kappa shape index (κ1) is 20.7. The van der Waals surface area contributed by atoms with Gasteiger partial charge in [0.2, 0.25) is 5.91 Å². The van der Waals surface area contributed by atoms with Gasteiger partial charge in [-0.25, -0.2) is 0 Å². The Bertz CT molecular complexity index is 693. The number of thioether (sulfide) groups is 1. The molecule has 0 saturated carbocycles. The van der Waals surface area contributed by atoms with Crippen LogP contribution in [-0.2, 0) is 10.2 Å². The Morgan fingerprint density at radius 2 is 1.73 bits per heavy atom. The largest absolute Gasteiger partial charge is 0.492 e. The number of rotatable bonds is 8. The van der Waals surface area contributed by atoms with Crippen molar-refractivity contribution in [2.75, 3.05) is 18.9 Å². The van der Waals surface area contributed by atoms with Gasteiger partial charge >= 0.3 is 0 Å². The van der Waals surface area contributed by atoms with E-state index in [2.05, 4.69) is 38.2 Å². The summed E-state index contributed by atoms with van der Waals surface area (Å²) in [4.78, 5) is 13.0. The molecule has 0 unspecified atom stereocenters. The molecule has 0 bridgehead atoms. The molecule has 3 nitrogen and oxygen atoms in total. The van der Waals surface area contributed by atoms with Gasteiger partial charge in [0.05, 0.1) is 6.54 Å². The molecule has 2 rings (SSSR count). The fourth-order valence-corrected chi connectivity index (χ4v) is 3.27. The zero-order chi connectivity index (χ0) is 19.0. The molecule has 0 saturated heterocycles. The molecule has 140 valence electrons. The van der Waals surface area contributed by atoms with Crippen LogP contribution in [0.5, 0.6) is 5.75 Å². The van der Waals surface area contributed by atoms with E-state index >= 15 is 0 Å². The van der Waals surface area contributed by atoms with E-state index in [1.54, 1.807) is 11.8 Å². The Morgan fingerprint density at radius 1 is 1.08 bits per heavy atom. The highest BCUT2D eigenvalue weighted by atomic mass is 35.5. The molecule has 0 radical (unpaired) electrons. The lowest BCUT2D eigenvalue weighted by molar-refractivity contribution is -0.120. The molecule has 1 amide bonds. The van der Waals surface area contributed by atoms with Gasteiger partial charge in [0, 0.05) is 22.1 Å². The van der Waals surface area contributed by atoms with Crippen LogP contribution >= 0.6 is 23.4 Å². The van der Waals surface area contributed by atoms with Crippen LogP contribution in [0.15, 0.2) is 53.4 Å². The molecular weight excluding hydrogens is 366 g/mol. The van der Waals surface area contributed by atoms with Gasteiger partial charge in [-0.05, 0) is 47.4 Å². The maximum atomic E-state index is 11.9. The highest BCUT2D eigenvalue weighted by Gasteiger charge is 2.12. The summed E-state index contributed by atoms with van der Waals surface area (Å²) in [5.74, 6) is 1.60. The Labute approximate surface area is 165 Å². The summed E-state index contributed by atoms with van der Waals surface area (Å²) in [7, 11) is 0. The van der Waals surface area contributed by atoms with Crippen molar-refractivity contribution < 1.29 is 9.53 Å². The van der Waals surface area contributed by atoms with E-state index in [1.165, 1.54) is 5.56 Å². The van der Waals surface area contributed by atoms with Crippen LogP contribution in [0.4, 0.5) is 0 Å². The summed E-state index contributed by atoms with van der Waals surface area (Å²) >= 11 is 7.50. The van der Waals surface area contributed by atoms with Crippen molar-refractivity contribution in [3.8, 4) is 5.75 Å². The molecule has 26 heavy (non-hydrogen) atoms. The quantitative estimate of drug-likeness (QED) is 0.489. The van der Waals surface area contributed by atoms with Crippen molar-refractivity contribution in [2.24, 2.45) is 0 Å². The Morgan fingerprint density at radius 3 is 2.35 bits per heavy atom. The van der Waals surface area contributed by atoms with E-state index in [4.69, 9.17) is 16.3 Å². The summed E-state index contributed by atoms with van der Waals surface area (Å²) in [6.45, 7) is 7.52. The topological polar surface area (TPSA) is 38.3 Å². The molecule has 0 aliphatic rings. The molecule has 2 aromatic carbocycles. The van der Waals surface area contributed by atoms with Crippen molar-refractivity contribution in [3.05, 3.63) is 59.1 Å². The summed E-state index contributed by atoms with van der Waals surface area (Å²) in [5.41, 5.74) is 1.41. The predicted molar refractivity (Wildman–Crippen MR) is 110 cm³/mol. The number of amides is 1. The van der Waals surface area contributed by atoms with Crippen LogP contribution in [-0.4, -0.2) is 24.8 Å². The highest BCUT2D eigenvalue weighted by molar-refractivity contribution is 7.99. The molecule has 0 spiro atoms.